The van der Waals surface area contributed by atoms with E-state index in [1.54, 1.807) is 0 Å². The van der Waals surface area contributed by atoms with Crippen molar-refractivity contribution in [3.63, 3.8) is 0 Å². The highest BCUT2D eigenvalue weighted by Gasteiger charge is 2.51. The first kappa shape index (κ1) is 26.5. The highest BCUT2D eigenvalue weighted by Crippen LogP contribution is 2.48. The maximum Gasteiger partial charge on any atom is 0.418 e. The number of amides is 1. The van der Waals surface area contributed by atoms with Gasteiger partial charge >= 0.3 is 6.18 Å². The summed E-state index contributed by atoms with van der Waals surface area (Å²) in [6, 6.07) is 0.745. The van der Waals surface area contributed by atoms with Crippen molar-refractivity contribution in [2.24, 2.45) is 0 Å². The number of halogens is 4. The molecule has 3 aliphatic rings. The number of carbonyl (C=O) groups excluding carboxylic acids is 1. The van der Waals surface area contributed by atoms with Crippen LogP contribution in [0.2, 0.25) is 0 Å². The Kier molecular flexibility index (Phi) is 5.71. The number of piperazine rings is 1. The zero-order chi connectivity index (χ0) is 28.9. The lowest BCUT2D eigenvalue weighted by Crippen LogP contribution is -2.66. The molecule has 0 unspecified atom stereocenters. The second-order valence-electron chi connectivity index (χ2n) is 11.2. The van der Waals surface area contributed by atoms with E-state index in [2.05, 4.69) is 27.5 Å². The number of aromatic nitrogens is 3. The number of hydrogen-bond acceptors (Lipinski definition) is 8. The summed E-state index contributed by atoms with van der Waals surface area (Å²) in [7, 11) is 1.43. The number of rotatable bonds is 2. The summed E-state index contributed by atoms with van der Waals surface area (Å²) in [5.41, 5.74) is 3.02. The van der Waals surface area contributed by atoms with Crippen LogP contribution < -0.4 is 26.0 Å². The molecule has 1 amide bonds. The van der Waals surface area contributed by atoms with E-state index in [1.807, 2.05) is 11.8 Å². The molecule has 2 fully saturated rings. The predicted molar refractivity (Wildman–Crippen MR) is 141 cm³/mol. The zero-order valence-electron chi connectivity index (χ0n) is 22.6. The van der Waals surface area contributed by atoms with Crippen molar-refractivity contribution in [3.8, 4) is 17.1 Å². The Hall–Kier alpha value is -3.74. The van der Waals surface area contributed by atoms with Crippen molar-refractivity contribution in [2.45, 2.75) is 70.4 Å². The number of hydrogen-bond donors (Lipinski definition) is 3. The average molecular weight is 560 g/mol. The van der Waals surface area contributed by atoms with Gasteiger partial charge in [0, 0.05) is 36.1 Å². The van der Waals surface area contributed by atoms with Crippen LogP contribution in [0.1, 0.15) is 54.0 Å². The summed E-state index contributed by atoms with van der Waals surface area (Å²) in [6.07, 6.45) is -3.57. The second kappa shape index (κ2) is 8.63. The Morgan fingerprint density at radius 1 is 1.25 bits per heavy atom. The average Bonchev–Trinajstić information content (AvgIpc) is 3.11. The fraction of sp³-hybridized carbons (Fsp3) is 0.481. The van der Waals surface area contributed by atoms with Gasteiger partial charge in [-0.05, 0) is 52.2 Å². The van der Waals surface area contributed by atoms with E-state index in [0.717, 1.165) is 25.8 Å². The summed E-state index contributed by atoms with van der Waals surface area (Å²) in [5, 5.41) is 6.34. The van der Waals surface area contributed by atoms with Crippen molar-refractivity contribution in [1.29, 1.82) is 0 Å². The van der Waals surface area contributed by atoms with Gasteiger partial charge < -0.3 is 26.0 Å². The van der Waals surface area contributed by atoms with E-state index in [1.165, 1.54) is 14.0 Å². The van der Waals surface area contributed by atoms with Crippen LogP contribution in [0.4, 0.5) is 29.2 Å². The number of alkyl halides is 3. The molecular formula is C27H29F4N7O2. The number of aryl methyl sites for hydroxylation is 2. The number of ether oxygens (including phenoxy) is 1. The topological polar surface area (TPSA) is 118 Å². The summed E-state index contributed by atoms with van der Waals surface area (Å²) < 4.78 is 65.7. The molecular weight excluding hydrogens is 530 g/mol. The monoisotopic (exact) mass is 559 g/mol. The van der Waals surface area contributed by atoms with Gasteiger partial charge in [-0.3, -0.25) is 4.79 Å². The minimum atomic E-state index is -4.86. The molecule has 4 atom stereocenters. The van der Waals surface area contributed by atoms with E-state index in [0.29, 0.717) is 12.4 Å². The maximum atomic E-state index is 16.7. The van der Waals surface area contributed by atoms with Crippen molar-refractivity contribution < 1.29 is 27.1 Å². The number of nitrogens with one attached hydrogen (secondary N) is 2. The summed E-state index contributed by atoms with van der Waals surface area (Å²) >= 11 is 0. The molecule has 0 saturated carbocycles. The highest BCUT2D eigenvalue weighted by molar-refractivity contribution is 6.06. The van der Waals surface area contributed by atoms with Crippen LogP contribution in [0, 0.1) is 19.7 Å². The third kappa shape index (κ3) is 3.77. The van der Waals surface area contributed by atoms with Gasteiger partial charge in [0.25, 0.3) is 5.91 Å². The van der Waals surface area contributed by atoms with Gasteiger partial charge in [0.05, 0.1) is 22.7 Å². The Labute approximate surface area is 227 Å². The molecule has 13 heteroatoms. The first-order valence-electron chi connectivity index (χ1n) is 13.1. The molecule has 3 aromatic rings. The van der Waals surface area contributed by atoms with E-state index < -0.39 is 46.5 Å². The van der Waals surface area contributed by atoms with E-state index in [9.17, 15) is 18.0 Å². The summed E-state index contributed by atoms with van der Waals surface area (Å²) in [5.74, 6) is -1.52. The molecule has 212 valence electrons. The van der Waals surface area contributed by atoms with Crippen molar-refractivity contribution in [1.82, 2.24) is 25.6 Å². The van der Waals surface area contributed by atoms with Crippen LogP contribution in [-0.2, 0) is 6.18 Å². The number of fused-ring (bicyclic) bond motifs is 5. The van der Waals surface area contributed by atoms with Crippen molar-refractivity contribution in [3.05, 3.63) is 34.4 Å². The number of anilines is 2. The molecule has 0 aliphatic carbocycles. The minimum Gasteiger partial charge on any atom is -0.472 e. The van der Waals surface area contributed by atoms with E-state index >= 15 is 4.39 Å². The fourth-order valence-corrected chi connectivity index (χ4v) is 6.71. The van der Waals surface area contributed by atoms with E-state index in [-0.39, 0.29) is 51.4 Å². The Morgan fingerprint density at radius 2 is 1.98 bits per heavy atom. The molecule has 9 nitrogen and oxygen atoms in total. The lowest BCUT2D eigenvalue weighted by atomic mass is 9.95. The Morgan fingerprint density at radius 3 is 2.65 bits per heavy atom. The molecule has 3 aromatic heterocycles. The van der Waals surface area contributed by atoms with Gasteiger partial charge in [-0.15, -0.1) is 0 Å². The summed E-state index contributed by atoms with van der Waals surface area (Å²) in [6.45, 7) is 7.14. The normalized spacial score (nSPS) is 25.4. The largest absolute Gasteiger partial charge is 0.472 e. The van der Waals surface area contributed by atoms with Crippen molar-refractivity contribution in [2.75, 3.05) is 24.2 Å². The molecule has 2 saturated heterocycles. The van der Waals surface area contributed by atoms with Crippen LogP contribution in [0.25, 0.3) is 22.0 Å². The first-order valence-corrected chi connectivity index (χ1v) is 13.1. The molecule has 2 bridgehead atoms. The molecule has 0 radical (unpaired) electrons. The van der Waals surface area contributed by atoms with Crippen LogP contribution in [-0.4, -0.2) is 58.2 Å². The molecule has 4 N–H and O–H groups in total. The first-order chi connectivity index (χ1) is 18.7. The molecule has 0 spiro atoms. The second-order valence-corrected chi connectivity index (χ2v) is 11.2. The molecule has 0 aromatic carbocycles. The quantitative estimate of drug-likeness (QED) is 0.405. The van der Waals surface area contributed by atoms with Gasteiger partial charge in [-0.1, -0.05) is 0 Å². The number of carbonyl (C=O) groups is 1. The minimum absolute atomic E-state index is 0.0217. The SMILES string of the molecule is CNC(=O)c1nc2c3c(nc(-c4cc(N)nc(C)c4C(F)(F)F)c(F)c3c1C)O[C@@H](C)[C@@H]1[C@@H]3CC[C@](C)(CN21)N3. The van der Waals surface area contributed by atoms with Crippen LogP contribution in [0.3, 0.4) is 0 Å². The molecule has 40 heavy (non-hydrogen) atoms. The van der Waals surface area contributed by atoms with Crippen molar-refractivity contribution >= 4 is 28.3 Å². The predicted octanol–water partition coefficient (Wildman–Crippen LogP) is 3.89. The number of pyridine rings is 3. The highest BCUT2D eigenvalue weighted by atomic mass is 19.4. The Bertz CT molecular complexity index is 1590. The van der Waals surface area contributed by atoms with Crippen LogP contribution >= 0.6 is 0 Å². The standard InChI is InChI=1S/C27H29F4N7O2/c1-10-16-17-23(35-20(10)24(39)33-5)38-9-26(4)7-6-14(37-26)22(38)12(3)40-25(17)36-21(19(16)28)13-8-15(32)34-11(2)18(13)27(29,30)31/h8,12,14,22,37H,6-7,9H2,1-5H3,(H2,32,34)(H,33,39)/t12-,14-,22+,26+/m0/s1. The van der Waals surface area contributed by atoms with Gasteiger partial charge in [-0.2, -0.15) is 13.2 Å². The molecule has 3 aliphatic heterocycles. The van der Waals surface area contributed by atoms with Gasteiger partial charge in [0.15, 0.2) is 5.82 Å². The smallest absolute Gasteiger partial charge is 0.418 e. The number of nitrogen functional groups attached to an aromatic ring is 1. The number of nitrogens with zero attached hydrogens (tertiary/aromatic N) is 4. The molecule has 6 heterocycles. The van der Waals surface area contributed by atoms with Crippen LogP contribution in [0.15, 0.2) is 6.07 Å². The third-order valence-corrected chi connectivity index (χ3v) is 8.36. The molecule has 6 rings (SSSR count). The summed E-state index contributed by atoms with van der Waals surface area (Å²) in [4.78, 5) is 27.9. The zero-order valence-corrected chi connectivity index (χ0v) is 22.6. The lowest BCUT2D eigenvalue weighted by molar-refractivity contribution is -0.137. The third-order valence-electron chi connectivity index (χ3n) is 8.36. The maximum absolute atomic E-state index is 16.7. The van der Waals surface area contributed by atoms with Gasteiger partial charge in [0.2, 0.25) is 5.88 Å². The fourth-order valence-electron chi connectivity index (χ4n) is 6.71. The van der Waals surface area contributed by atoms with Crippen LogP contribution in [0.5, 0.6) is 5.88 Å². The van der Waals surface area contributed by atoms with Gasteiger partial charge in [-0.25, -0.2) is 19.3 Å². The number of nitrogens with two attached hydrogens (primary N) is 1. The lowest BCUT2D eigenvalue weighted by Gasteiger charge is -2.46. The van der Waals surface area contributed by atoms with Gasteiger partial charge in [0.1, 0.15) is 29.1 Å². The van der Waals surface area contributed by atoms with E-state index in [4.69, 9.17) is 15.5 Å². The Balaban J connectivity index is 1.73.